The molecule has 0 radical (unpaired) electrons. The number of nitrogens with one attached hydrogen (secondary N) is 1. The van der Waals surface area contributed by atoms with E-state index in [0.717, 1.165) is 12.1 Å². The predicted molar refractivity (Wildman–Crippen MR) is 73.3 cm³/mol. The summed E-state index contributed by atoms with van der Waals surface area (Å²) in [7, 11) is 1.71. The highest BCUT2D eigenvalue weighted by Gasteiger charge is 2.36. The molecule has 0 bridgehead atoms. The Morgan fingerprint density at radius 2 is 2.20 bits per heavy atom. The average molecular weight is 271 g/mol. The van der Waals surface area contributed by atoms with E-state index in [1.165, 1.54) is 18.4 Å². The van der Waals surface area contributed by atoms with E-state index >= 15 is 0 Å². The summed E-state index contributed by atoms with van der Waals surface area (Å²) in [6.45, 7) is 0. The molecule has 1 N–H and O–H groups in total. The summed E-state index contributed by atoms with van der Waals surface area (Å²) in [4.78, 5) is 4.54. The minimum absolute atomic E-state index is 0.0173. The number of benzene rings is 1. The topological polar surface area (TPSA) is 60.2 Å². The monoisotopic (exact) mass is 271 g/mol. The van der Waals surface area contributed by atoms with Gasteiger partial charge in [-0.05, 0) is 30.4 Å². The lowest BCUT2D eigenvalue weighted by atomic mass is 10.1. The fourth-order valence-electron chi connectivity index (χ4n) is 2.86. The molecular weight excluding hydrogens is 254 g/mol. The van der Waals surface area contributed by atoms with Gasteiger partial charge in [-0.2, -0.15) is 4.98 Å². The van der Waals surface area contributed by atoms with Crippen LogP contribution in [0.4, 0.5) is 5.69 Å². The molecule has 20 heavy (non-hydrogen) atoms. The molecule has 0 spiro atoms. The van der Waals surface area contributed by atoms with Crippen molar-refractivity contribution in [2.24, 2.45) is 5.92 Å². The number of fused-ring (bicyclic) bond motifs is 1. The molecule has 1 aromatic heterocycles. The molecule has 0 amide bonds. The summed E-state index contributed by atoms with van der Waals surface area (Å²) < 4.78 is 10.9. The lowest BCUT2D eigenvalue weighted by Crippen LogP contribution is -2.08. The van der Waals surface area contributed by atoms with Crippen LogP contribution in [0.3, 0.4) is 0 Å². The van der Waals surface area contributed by atoms with Gasteiger partial charge in [0, 0.05) is 19.2 Å². The van der Waals surface area contributed by atoms with Gasteiger partial charge in [-0.1, -0.05) is 23.4 Å². The van der Waals surface area contributed by atoms with E-state index in [4.69, 9.17) is 9.26 Å². The number of anilines is 1. The molecule has 1 aliphatic carbocycles. The van der Waals surface area contributed by atoms with Gasteiger partial charge in [0.15, 0.2) is 0 Å². The van der Waals surface area contributed by atoms with Crippen LogP contribution >= 0.6 is 0 Å². The van der Waals surface area contributed by atoms with Gasteiger partial charge in [0.1, 0.15) is 12.1 Å². The standard InChI is InChI=1S/C15H17N3O2/c1-19-13(9-6-7-9)14-17-15(20-18-14)12-8-10-4-2-3-5-11(10)16-12/h2-5,9,12-13,16H,6-8H2,1H3. The number of hydrogen-bond donors (Lipinski definition) is 1. The maximum atomic E-state index is 5.49. The first-order valence-corrected chi connectivity index (χ1v) is 7.06. The van der Waals surface area contributed by atoms with Crippen molar-refractivity contribution in [1.82, 2.24) is 10.1 Å². The van der Waals surface area contributed by atoms with E-state index in [2.05, 4.69) is 33.7 Å². The Labute approximate surface area is 117 Å². The van der Waals surface area contributed by atoms with Crippen LogP contribution < -0.4 is 5.32 Å². The Hall–Kier alpha value is -1.88. The van der Waals surface area contributed by atoms with Crippen molar-refractivity contribution >= 4 is 5.69 Å². The number of hydrogen-bond acceptors (Lipinski definition) is 5. The molecule has 5 heteroatoms. The van der Waals surface area contributed by atoms with Gasteiger partial charge in [-0.15, -0.1) is 0 Å². The highest BCUT2D eigenvalue weighted by Crippen LogP contribution is 2.42. The Balaban J connectivity index is 1.55. The lowest BCUT2D eigenvalue weighted by Gasteiger charge is -2.08. The molecule has 1 saturated carbocycles. The largest absolute Gasteiger partial charge is 0.373 e. The van der Waals surface area contributed by atoms with Crippen molar-refractivity contribution in [3.8, 4) is 0 Å². The number of ether oxygens (including phenoxy) is 1. The smallest absolute Gasteiger partial charge is 0.249 e. The third-order valence-electron chi connectivity index (χ3n) is 4.09. The molecule has 1 fully saturated rings. The van der Waals surface area contributed by atoms with Crippen molar-refractivity contribution in [1.29, 1.82) is 0 Å². The minimum atomic E-state index is -0.0173. The van der Waals surface area contributed by atoms with E-state index in [1.54, 1.807) is 7.11 Å². The van der Waals surface area contributed by atoms with E-state index in [1.807, 2.05) is 6.07 Å². The third-order valence-corrected chi connectivity index (χ3v) is 4.09. The first kappa shape index (κ1) is 11.9. The molecule has 4 rings (SSSR count). The average Bonchev–Trinajstić information content (AvgIpc) is 3.03. The summed E-state index contributed by atoms with van der Waals surface area (Å²) in [5.41, 5.74) is 2.45. The van der Waals surface area contributed by atoms with Crippen molar-refractivity contribution in [3.05, 3.63) is 41.5 Å². The predicted octanol–water partition coefficient (Wildman–Crippen LogP) is 2.88. The second-order valence-electron chi connectivity index (χ2n) is 5.54. The maximum absolute atomic E-state index is 5.49. The Morgan fingerprint density at radius 1 is 1.35 bits per heavy atom. The molecule has 2 aromatic rings. The van der Waals surface area contributed by atoms with Crippen LogP contribution in [0.1, 0.15) is 42.3 Å². The SMILES string of the molecule is COC(c1noc(C2Cc3ccccc3N2)n1)C1CC1. The second-order valence-corrected chi connectivity index (χ2v) is 5.54. The fraction of sp³-hybridized carbons (Fsp3) is 0.467. The van der Waals surface area contributed by atoms with Crippen LogP contribution in [0.15, 0.2) is 28.8 Å². The summed E-state index contributed by atoms with van der Waals surface area (Å²) in [5, 5.41) is 7.53. The number of aromatic nitrogens is 2. The van der Waals surface area contributed by atoms with Gasteiger partial charge in [0.25, 0.3) is 0 Å². The van der Waals surface area contributed by atoms with Crippen LogP contribution in [-0.2, 0) is 11.2 Å². The van der Waals surface area contributed by atoms with Crippen LogP contribution in [-0.4, -0.2) is 17.3 Å². The van der Waals surface area contributed by atoms with E-state index < -0.39 is 0 Å². The van der Waals surface area contributed by atoms with Gasteiger partial charge < -0.3 is 14.6 Å². The van der Waals surface area contributed by atoms with Crippen LogP contribution in [0.5, 0.6) is 0 Å². The van der Waals surface area contributed by atoms with Gasteiger partial charge in [-0.25, -0.2) is 0 Å². The summed E-state index contributed by atoms with van der Waals surface area (Å²) >= 11 is 0. The summed E-state index contributed by atoms with van der Waals surface area (Å²) in [6.07, 6.45) is 3.25. The van der Waals surface area contributed by atoms with Crippen LogP contribution in [0.2, 0.25) is 0 Å². The van der Waals surface area contributed by atoms with Crippen LogP contribution in [0.25, 0.3) is 0 Å². The molecule has 2 unspecified atom stereocenters. The lowest BCUT2D eigenvalue weighted by molar-refractivity contribution is 0.0751. The molecule has 104 valence electrons. The molecule has 5 nitrogen and oxygen atoms in total. The molecule has 1 aromatic carbocycles. The Morgan fingerprint density at radius 3 is 2.95 bits per heavy atom. The van der Waals surface area contributed by atoms with Gasteiger partial charge in [0.2, 0.25) is 11.7 Å². The second kappa shape index (κ2) is 4.59. The quantitative estimate of drug-likeness (QED) is 0.926. The van der Waals surface area contributed by atoms with E-state index in [-0.39, 0.29) is 12.1 Å². The Bertz CT molecular complexity index is 596. The van der Waals surface area contributed by atoms with Gasteiger partial charge in [-0.3, -0.25) is 0 Å². The first-order chi connectivity index (χ1) is 9.85. The third kappa shape index (κ3) is 1.98. The first-order valence-electron chi connectivity index (χ1n) is 7.06. The molecule has 2 aliphatic rings. The molecule has 0 saturated heterocycles. The zero-order valence-electron chi connectivity index (χ0n) is 11.4. The zero-order valence-corrected chi connectivity index (χ0v) is 11.4. The highest BCUT2D eigenvalue weighted by molar-refractivity contribution is 5.56. The maximum Gasteiger partial charge on any atom is 0.249 e. The number of methoxy groups -OCH3 is 1. The summed E-state index contributed by atoms with van der Waals surface area (Å²) in [5.74, 6) is 1.89. The molecule has 2 atom stereocenters. The van der Waals surface area contributed by atoms with Gasteiger partial charge in [0.05, 0.1) is 0 Å². The normalized spacial score (nSPS) is 22.4. The van der Waals surface area contributed by atoms with E-state index in [0.29, 0.717) is 17.6 Å². The summed E-state index contributed by atoms with van der Waals surface area (Å²) in [6, 6.07) is 8.36. The number of rotatable bonds is 4. The molecule has 1 aliphatic heterocycles. The Kier molecular flexibility index (Phi) is 2.73. The number of para-hydroxylation sites is 1. The fourth-order valence-corrected chi connectivity index (χ4v) is 2.86. The molecule has 2 heterocycles. The van der Waals surface area contributed by atoms with Crippen molar-refractivity contribution < 1.29 is 9.26 Å². The van der Waals surface area contributed by atoms with Gasteiger partial charge >= 0.3 is 0 Å². The molecular formula is C15H17N3O2. The van der Waals surface area contributed by atoms with Crippen LogP contribution in [0, 0.1) is 5.92 Å². The number of nitrogens with zero attached hydrogens (tertiary/aromatic N) is 2. The van der Waals surface area contributed by atoms with E-state index in [9.17, 15) is 0 Å². The zero-order chi connectivity index (χ0) is 13.5. The van der Waals surface area contributed by atoms with Crippen molar-refractivity contribution in [2.45, 2.75) is 31.4 Å². The van der Waals surface area contributed by atoms with Crippen molar-refractivity contribution in [2.75, 3.05) is 12.4 Å². The minimum Gasteiger partial charge on any atom is -0.373 e. The highest BCUT2D eigenvalue weighted by atomic mass is 16.5. The van der Waals surface area contributed by atoms with Crippen molar-refractivity contribution in [3.63, 3.8) is 0 Å².